The second-order valence-corrected chi connectivity index (χ2v) is 2.86. The van der Waals surface area contributed by atoms with Crippen molar-refractivity contribution in [2.45, 2.75) is 0 Å². The van der Waals surface area contributed by atoms with Gasteiger partial charge in [-0.3, -0.25) is 4.79 Å². The van der Waals surface area contributed by atoms with E-state index in [4.69, 9.17) is 11.6 Å². The molecular formula is C9H6ClNO. The van der Waals surface area contributed by atoms with E-state index in [1.54, 1.807) is 18.3 Å². The lowest BCUT2D eigenvalue weighted by atomic mass is 10.1. The lowest BCUT2D eigenvalue weighted by Gasteiger charge is -1.94. The predicted molar refractivity (Wildman–Crippen MR) is 48.5 cm³/mol. The van der Waals surface area contributed by atoms with Gasteiger partial charge in [0.15, 0.2) is 0 Å². The Bertz CT molecular complexity index is 433. The first kappa shape index (κ1) is 7.37. The van der Waals surface area contributed by atoms with E-state index >= 15 is 0 Å². The summed E-state index contributed by atoms with van der Waals surface area (Å²) in [5.41, 5.74) is 1.48. The minimum absolute atomic E-state index is 0.416. The van der Waals surface area contributed by atoms with Crippen LogP contribution in [0.3, 0.4) is 0 Å². The zero-order chi connectivity index (χ0) is 8.55. The largest absolute Gasteiger partial charge is 0.361 e. The summed E-state index contributed by atoms with van der Waals surface area (Å²) in [6.07, 6.45) is 1.79. The van der Waals surface area contributed by atoms with Gasteiger partial charge in [-0.1, -0.05) is 6.07 Å². The summed E-state index contributed by atoms with van der Waals surface area (Å²) < 4.78 is 0. The van der Waals surface area contributed by atoms with Crippen LogP contribution in [0.4, 0.5) is 0 Å². The van der Waals surface area contributed by atoms with Crippen molar-refractivity contribution < 1.29 is 4.79 Å². The van der Waals surface area contributed by atoms with Gasteiger partial charge in [0, 0.05) is 22.7 Å². The molecule has 60 valence electrons. The van der Waals surface area contributed by atoms with Crippen LogP contribution in [-0.2, 0) is 0 Å². The van der Waals surface area contributed by atoms with Crippen molar-refractivity contribution in [2.75, 3.05) is 0 Å². The first-order valence-corrected chi connectivity index (χ1v) is 3.93. The number of halogens is 1. The van der Waals surface area contributed by atoms with Crippen LogP contribution in [0.15, 0.2) is 30.5 Å². The highest BCUT2D eigenvalue weighted by atomic mass is 35.5. The van der Waals surface area contributed by atoms with Gasteiger partial charge in [-0.05, 0) is 29.8 Å². The van der Waals surface area contributed by atoms with Crippen LogP contribution >= 0.6 is 11.6 Å². The molecule has 12 heavy (non-hydrogen) atoms. The molecule has 0 bridgehead atoms. The van der Waals surface area contributed by atoms with Crippen molar-refractivity contribution in [1.82, 2.24) is 4.98 Å². The van der Waals surface area contributed by atoms with Crippen molar-refractivity contribution in [3.05, 3.63) is 36.0 Å². The van der Waals surface area contributed by atoms with Crippen molar-refractivity contribution in [1.29, 1.82) is 0 Å². The van der Waals surface area contributed by atoms with E-state index in [2.05, 4.69) is 4.98 Å². The van der Waals surface area contributed by atoms with Gasteiger partial charge < -0.3 is 4.98 Å². The Hall–Kier alpha value is -1.28. The normalized spacial score (nSPS) is 10.4. The summed E-state index contributed by atoms with van der Waals surface area (Å²) in [6, 6.07) is 7.25. The third kappa shape index (κ3) is 1.01. The van der Waals surface area contributed by atoms with Crippen LogP contribution in [0.5, 0.6) is 0 Å². The van der Waals surface area contributed by atoms with Gasteiger partial charge in [-0.25, -0.2) is 0 Å². The molecule has 0 aliphatic carbocycles. The number of hydrogen-bond donors (Lipinski definition) is 1. The van der Waals surface area contributed by atoms with E-state index in [-0.39, 0.29) is 0 Å². The Morgan fingerprint density at radius 2 is 2.17 bits per heavy atom. The van der Waals surface area contributed by atoms with Crippen LogP contribution in [0, 0.1) is 0 Å². The quantitative estimate of drug-likeness (QED) is 0.671. The fraction of sp³-hybridized carbons (Fsp3) is 0. The molecule has 0 fully saturated rings. The number of benzene rings is 1. The van der Waals surface area contributed by atoms with Gasteiger partial charge in [-0.15, -0.1) is 0 Å². The standard InChI is InChI=1S/C9H6ClNO/c10-9(12)7-2-1-3-8-6(7)4-5-11-8/h1-5,11H. The van der Waals surface area contributed by atoms with Crippen molar-refractivity contribution in [3.63, 3.8) is 0 Å². The topological polar surface area (TPSA) is 32.9 Å². The fourth-order valence-electron chi connectivity index (χ4n) is 1.26. The highest BCUT2D eigenvalue weighted by molar-refractivity contribution is 6.68. The smallest absolute Gasteiger partial charge is 0.253 e. The maximum atomic E-state index is 10.9. The number of nitrogens with one attached hydrogen (secondary N) is 1. The van der Waals surface area contributed by atoms with Gasteiger partial charge in [-0.2, -0.15) is 0 Å². The van der Waals surface area contributed by atoms with Crippen LogP contribution in [0.1, 0.15) is 10.4 Å². The average Bonchev–Trinajstić information content (AvgIpc) is 2.49. The van der Waals surface area contributed by atoms with Gasteiger partial charge in [0.25, 0.3) is 5.24 Å². The summed E-state index contributed by atoms with van der Waals surface area (Å²) in [5, 5.41) is 0.456. The van der Waals surface area contributed by atoms with Gasteiger partial charge in [0.2, 0.25) is 0 Å². The number of fused-ring (bicyclic) bond motifs is 1. The van der Waals surface area contributed by atoms with Gasteiger partial charge in [0.05, 0.1) is 0 Å². The number of rotatable bonds is 1. The molecule has 0 amide bonds. The SMILES string of the molecule is O=C(Cl)c1cccc2[nH]ccc12. The maximum Gasteiger partial charge on any atom is 0.253 e. The number of carbonyl (C=O) groups is 1. The highest BCUT2D eigenvalue weighted by Crippen LogP contribution is 2.18. The number of H-pyrrole nitrogens is 1. The molecule has 0 spiro atoms. The van der Waals surface area contributed by atoms with Crippen LogP contribution < -0.4 is 0 Å². The Morgan fingerprint density at radius 1 is 1.33 bits per heavy atom. The summed E-state index contributed by atoms with van der Waals surface area (Å²) >= 11 is 5.39. The van der Waals surface area contributed by atoms with Crippen molar-refractivity contribution in [3.8, 4) is 0 Å². The molecule has 1 heterocycles. The average molecular weight is 180 g/mol. The minimum atomic E-state index is -0.416. The molecule has 1 aromatic carbocycles. The van der Waals surface area contributed by atoms with E-state index in [1.807, 2.05) is 12.1 Å². The monoisotopic (exact) mass is 179 g/mol. The number of aromatic nitrogens is 1. The van der Waals surface area contributed by atoms with Crippen LogP contribution in [0.25, 0.3) is 10.9 Å². The molecule has 0 saturated heterocycles. The number of hydrogen-bond acceptors (Lipinski definition) is 1. The summed E-state index contributed by atoms with van der Waals surface area (Å²) in [6.45, 7) is 0. The second-order valence-electron chi connectivity index (χ2n) is 2.52. The third-order valence-corrected chi connectivity index (χ3v) is 2.01. The number of carbonyl (C=O) groups excluding carboxylic acids is 1. The highest BCUT2D eigenvalue weighted by Gasteiger charge is 2.06. The zero-order valence-corrected chi connectivity index (χ0v) is 6.93. The molecule has 0 radical (unpaired) electrons. The predicted octanol–water partition coefficient (Wildman–Crippen LogP) is 2.55. The Labute approximate surface area is 74.2 Å². The van der Waals surface area contributed by atoms with Crippen LogP contribution in [-0.4, -0.2) is 10.2 Å². The first-order valence-electron chi connectivity index (χ1n) is 3.55. The van der Waals surface area contributed by atoms with Crippen molar-refractivity contribution in [2.24, 2.45) is 0 Å². The first-order chi connectivity index (χ1) is 5.79. The second kappa shape index (κ2) is 2.64. The minimum Gasteiger partial charge on any atom is -0.361 e. The summed E-state index contributed by atoms with van der Waals surface area (Å²) in [5.74, 6) is 0. The van der Waals surface area contributed by atoms with E-state index in [0.29, 0.717) is 5.56 Å². The van der Waals surface area contributed by atoms with E-state index in [1.165, 1.54) is 0 Å². The zero-order valence-electron chi connectivity index (χ0n) is 6.17. The molecule has 0 aliphatic rings. The van der Waals surface area contributed by atoms with Gasteiger partial charge in [0.1, 0.15) is 0 Å². The molecule has 2 nitrogen and oxygen atoms in total. The molecular weight excluding hydrogens is 174 g/mol. The molecule has 1 N–H and O–H groups in total. The lowest BCUT2D eigenvalue weighted by molar-refractivity contribution is 0.108. The Kier molecular flexibility index (Phi) is 1.62. The molecule has 2 rings (SSSR count). The van der Waals surface area contributed by atoms with Gasteiger partial charge >= 0.3 is 0 Å². The molecule has 0 atom stereocenters. The molecule has 1 aromatic heterocycles. The Balaban J connectivity index is 2.82. The molecule has 0 aliphatic heterocycles. The molecule has 2 aromatic rings. The van der Waals surface area contributed by atoms with Crippen molar-refractivity contribution >= 4 is 27.7 Å². The third-order valence-electron chi connectivity index (χ3n) is 1.81. The Morgan fingerprint density at radius 3 is 2.92 bits per heavy atom. The molecule has 0 unspecified atom stereocenters. The van der Waals surface area contributed by atoms with E-state index in [0.717, 1.165) is 10.9 Å². The van der Waals surface area contributed by atoms with E-state index in [9.17, 15) is 4.79 Å². The van der Waals surface area contributed by atoms with E-state index < -0.39 is 5.24 Å². The summed E-state index contributed by atoms with van der Waals surface area (Å²) in [4.78, 5) is 13.9. The van der Waals surface area contributed by atoms with Crippen LogP contribution in [0.2, 0.25) is 0 Å². The fourth-order valence-corrected chi connectivity index (χ4v) is 1.42. The molecule has 3 heteroatoms. The maximum absolute atomic E-state index is 10.9. The summed E-state index contributed by atoms with van der Waals surface area (Å²) in [7, 11) is 0. The number of aromatic amines is 1. The lowest BCUT2D eigenvalue weighted by Crippen LogP contribution is -1.87. The molecule has 0 saturated carbocycles.